The molecule has 0 bridgehead atoms. The van der Waals surface area contributed by atoms with Crippen molar-refractivity contribution in [1.29, 1.82) is 0 Å². The zero-order valence-electron chi connectivity index (χ0n) is 40.8. The Morgan fingerprint density at radius 3 is 1.57 bits per heavy atom. The van der Waals surface area contributed by atoms with Crippen molar-refractivity contribution in [3.8, 4) is 0 Å². The lowest BCUT2D eigenvalue weighted by Gasteiger charge is -2.48. The van der Waals surface area contributed by atoms with Crippen molar-refractivity contribution in [3.05, 3.63) is 48.6 Å². The smallest absolute Gasteiger partial charge is 0.220 e. The Morgan fingerprint density at radius 1 is 0.536 bits per heavy atom. The Bertz CT molecular complexity index is 1460. The molecule has 1 amide bonds. The van der Waals surface area contributed by atoms with E-state index in [1.165, 1.54) is 25.7 Å². The summed E-state index contributed by atoms with van der Waals surface area (Å²) >= 11 is 0. The number of unbranched alkanes of at least 4 members (excludes halogenated alkanes) is 12. The average Bonchev–Trinajstić information content (AvgIpc) is 3.34. The SMILES string of the molecule is CC/C=C\C/C=C\C/C=C\CCCCCCCC(=O)NC(COC1OC(CO)C(OC2OC(CO)C(OC3OC(CO)C(O)C(O)C3O)C(O)C2O)C(O)C1O)C(O)/C=C/CCCCCCCCC. The van der Waals surface area contributed by atoms with Crippen molar-refractivity contribution >= 4 is 5.91 Å². The first kappa shape index (κ1) is 61.1. The summed E-state index contributed by atoms with van der Waals surface area (Å²) in [6, 6.07) is -0.979. The fraction of sp³-hybridized carbons (Fsp3) is 0.820. The number of carbonyl (C=O) groups excluding carboxylic acids is 1. The van der Waals surface area contributed by atoms with E-state index in [0.29, 0.717) is 6.42 Å². The molecule has 0 aromatic carbocycles. The van der Waals surface area contributed by atoms with Gasteiger partial charge in [0.2, 0.25) is 5.91 Å². The van der Waals surface area contributed by atoms with Crippen LogP contribution >= 0.6 is 0 Å². The normalized spacial score (nSPS) is 33.3. The van der Waals surface area contributed by atoms with Gasteiger partial charge in [-0.3, -0.25) is 4.79 Å². The van der Waals surface area contributed by atoms with Crippen LogP contribution in [-0.4, -0.2) is 193 Å². The highest BCUT2D eigenvalue weighted by atomic mass is 16.8. The molecule has 3 heterocycles. The van der Waals surface area contributed by atoms with Crippen LogP contribution in [0.3, 0.4) is 0 Å². The van der Waals surface area contributed by atoms with Gasteiger partial charge in [-0.25, -0.2) is 0 Å². The molecule has 400 valence electrons. The molecule has 3 rings (SSSR count). The van der Waals surface area contributed by atoms with Gasteiger partial charge in [-0.15, -0.1) is 0 Å². The minimum atomic E-state index is -1.98. The number of aliphatic hydroxyl groups excluding tert-OH is 11. The topological polar surface area (TPSA) is 307 Å². The minimum Gasteiger partial charge on any atom is -0.394 e. The van der Waals surface area contributed by atoms with Gasteiger partial charge in [0.25, 0.3) is 0 Å². The van der Waals surface area contributed by atoms with Crippen molar-refractivity contribution in [2.24, 2.45) is 0 Å². The van der Waals surface area contributed by atoms with Gasteiger partial charge in [0.05, 0.1) is 38.6 Å². The first-order chi connectivity index (χ1) is 33.3. The summed E-state index contributed by atoms with van der Waals surface area (Å²) in [5.74, 6) is -0.300. The summed E-state index contributed by atoms with van der Waals surface area (Å²) < 4.78 is 34.0. The van der Waals surface area contributed by atoms with Crippen molar-refractivity contribution in [1.82, 2.24) is 5.32 Å². The standard InChI is InChI=1S/C50H87NO18/c1-3-5-7-9-11-13-14-15-16-17-18-20-22-24-26-28-38(56)51-33(34(55)27-25-23-21-19-12-10-8-6-4-2)32-64-48-44(62)41(59)46(36(30-53)66-48)69-50-45(63)42(60)47(37(31-54)67-50)68-49-43(61)40(58)39(57)35(29-52)65-49/h5,7,11,13,15-16,25,27,33-37,39-50,52-55,57-63H,3-4,6,8-10,12,14,17-24,26,28-32H2,1-2H3,(H,51,56)/b7-5-,13-11-,16-15-,27-25+. The van der Waals surface area contributed by atoms with E-state index < -0.39 is 124 Å². The van der Waals surface area contributed by atoms with Crippen molar-refractivity contribution < 1.29 is 89.4 Å². The highest BCUT2D eigenvalue weighted by molar-refractivity contribution is 5.76. The second kappa shape index (κ2) is 35.0. The van der Waals surface area contributed by atoms with Crippen molar-refractivity contribution in [2.75, 3.05) is 26.4 Å². The number of hydrogen-bond acceptors (Lipinski definition) is 18. The molecule has 17 atom stereocenters. The Morgan fingerprint density at radius 2 is 1.00 bits per heavy atom. The van der Waals surface area contributed by atoms with E-state index in [2.05, 4.69) is 55.6 Å². The summed E-state index contributed by atoms with van der Waals surface area (Å²) in [4.78, 5) is 13.2. The van der Waals surface area contributed by atoms with Gasteiger partial charge in [-0.1, -0.05) is 120 Å². The highest BCUT2D eigenvalue weighted by Crippen LogP contribution is 2.33. The number of carbonyl (C=O) groups is 1. The fourth-order valence-electron chi connectivity index (χ4n) is 8.38. The number of hydrogen-bond donors (Lipinski definition) is 12. The van der Waals surface area contributed by atoms with Crippen LogP contribution in [0.2, 0.25) is 0 Å². The van der Waals surface area contributed by atoms with E-state index in [0.717, 1.165) is 77.0 Å². The molecule has 0 saturated carbocycles. The number of ether oxygens (including phenoxy) is 6. The molecule has 17 unspecified atom stereocenters. The molecule has 0 spiro atoms. The van der Waals surface area contributed by atoms with Gasteiger partial charge in [0.15, 0.2) is 18.9 Å². The molecule has 0 aliphatic carbocycles. The van der Waals surface area contributed by atoms with Gasteiger partial charge in [-0.05, 0) is 51.4 Å². The van der Waals surface area contributed by atoms with Gasteiger partial charge in [0, 0.05) is 6.42 Å². The summed E-state index contributed by atoms with van der Waals surface area (Å²) in [7, 11) is 0. The largest absolute Gasteiger partial charge is 0.394 e. The molecule has 0 aromatic heterocycles. The minimum absolute atomic E-state index is 0.221. The lowest BCUT2D eigenvalue weighted by Crippen LogP contribution is -2.66. The fourth-order valence-corrected chi connectivity index (χ4v) is 8.38. The molecule has 3 fully saturated rings. The van der Waals surface area contributed by atoms with E-state index in [1.807, 2.05) is 6.08 Å². The van der Waals surface area contributed by atoms with Crippen molar-refractivity contribution in [3.63, 3.8) is 0 Å². The lowest BCUT2D eigenvalue weighted by atomic mass is 9.96. The molecule has 3 aliphatic heterocycles. The molecule has 3 aliphatic rings. The molecule has 69 heavy (non-hydrogen) atoms. The second-order valence-electron chi connectivity index (χ2n) is 18.2. The van der Waals surface area contributed by atoms with Crippen LogP contribution in [0.5, 0.6) is 0 Å². The third kappa shape index (κ3) is 21.0. The van der Waals surface area contributed by atoms with Crippen LogP contribution in [0.1, 0.15) is 129 Å². The number of aliphatic hydroxyl groups is 11. The third-order valence-electron chi connectivity index (χ3n) is 12.6. The molecule has 19 heteroatoms. The molecule has 3 saturated heterocycles. The third-order valence-corrected chi connectivity index (χ3v) is 12.6. The van der Waals surface area contributed by atoms with Crippen LogP contribution in [0.25, 0.3) is 0 Å². The quantitative estimate of drug-likeness (QED) is 0.0322. The maximum Gasteiger partial charge on any atom is 0.220 e. The van der Waals surface area contributed by atoms with E-state index >= 15 is 0 Å². The monoisotopic (exact) mass is 990 g/mol. The van der Waals surface area contributed by atoms with E-state index in [-0.39, 0.29) is 18.9 Å². The van der Waals surface area contributed by atoms with Crippen LogP contribution < -0.4 is 5.32 Å². The van der Waals surface area contributed by atoms with Gasteiger partial charge in [-0.2, -0.15) is 0 Å². The molecular formula is C50H87NO18. The predicted molar refractivity (Wildman–Crippen MR) is 254 cm³/mol. The van der Waals surface area contributed by atoms with Gasteiger partial charge in [0.1, 0.15) is 73.2 Å². The van der Waals surface area contributed by atoms with Gasteiger partial charge >= 0.3 is 0 Å². The molecule has 0 aromatic rings. The van der Waals surface area contributed by atoms with Gasteiger partial charge < -0.3 is 89.9 Å². The summed E-state index contributed by atoms with van der Waals surface area (Å²) in [5, 5.41) is 119. The maximum absolute atomic E-state index is 13.2. The van der Waals surface area contributed by atoms with E-state index in [1.54, 1.807) is 6.08 Å². The number of rotatable bonds is 34. The number of amides is 1. The maximum atomic E-state index is 13.2. The summed E-state index contributed by atoms with van der Waals surface area (Å²) in [6.45, 7) is 1.50. The molecule has 0 radical (unpaired) electrons. The van der Waals surface area contributed by atoms with Crippen LogP contribution in [0.15, 0.2) is 48.6 Å². The number of nitrogens with one attached hydrogen (secondary N) is 1. The Labute approximate surface area is 408 Å². The van der Waals surface area contributed by atoms with E-state index in [9.17, 15) is 61.0 Å². The van der Waals surface area contributed by atoms with E-state index in [4.69, 9.17) is 28.4 Å². The zero-order valence-corrected chi connectivity index (χ0v) is 40.8. The Kier molecular flexibility index (Phi) is 31.0. The van der Waals surface area contributed by atoms with Crippen LogP contribution in [0, 0.1) is 0 Å². The first-order valence-corrected chi connectivity index (χ1v) is 25.4. The van der Waals surface area contributed by atoms with Crippen LogP contribution in [0.4, 0.5) is 0 Å². The summed E-state index contributed by atoms with van der Waals surface area (Å²) in [6.07, 6.45) is 7.03. The second-order valence-corrected chi connectivity index (χ2v) is 18.2. The lowest BCUT2D eigenvalue weighted by molar-refractivity contribution is -0.379. The average molecular weight is 990 g/mol. The predicted octanol–water partition coefficient (Wildman–Crippen LogP) is 1.58. The summed E-state index contributed by atoms with van der Waals surface area (Å²) in [5.41, 5.74) is 0. The zero-order chi connectivity index (χ0) is 50.6. The molecule has 12 N–H and O–H groups in total. The van der Waals surface area contributed by atoms with Crippen LogP contribution in [-0.2, 0) is 33.2 Å². The highest BCUT2D eigenvalue weighted by Gasteiger charge is 2.53. The Hall–Kier alpha value is -2.25. The van der Waals surface area contributed by atoms with Crippen molar-refractivity contribution in [2.45, 2.75) is 234 Å². The number of allylic oxidation sites excluding steroid dienone is 7. The Balaban J connectivity index is 1.56. The molecule has 19 nitrogen and oxygen atoms in total. The molecular weight excluding hydrogens is 903 g/mol. The first-order valence-electron chi connectivity index (χ1n) is 25.4.